The normalized spacial score (nSPS) is 12.0. The first-order valence-electron chi connectivity index (χ1n) is 6.77. The number of hydrogen-bond acceptors (Lipinski definition) is 3. The Morgan fingerprint density at radius 1 is 1.10 bits per heavy atom. The van der Waals surface area contributed by atoms with Crippen LogP contribution >= 0.6 is 0 Å². The summed E-state index contributed by atoms with van der Waals surface area (Å²) in [5, 5.41) is 0. The van der Waals surface area contributed by atoms with Gasteiger partial charge < -0.3 is 15.2 Å². The van der Waals surface area contributed by atoms with Crippen molar-refractivity contribution in [1.29, 1.82) is 0 Å². The minimum absolute atomic E-state index is 0.246. The van der Waals surface area contributed by atoms with E-state index in [2.05, 4.69) is 0 Å². The Labute approximate surface area is 124 Å². The molecule has 2 aromatic carbocycles. The highest BCUT2D eigenvalue weighted by atomic mass is 19.1. The number of benzene rings is 2. The fourth-order valence-electron chi connectivity index (χ4n) is 2.33. The zero-order chi connectivity index (χ0) is 15.4. The van der Waals surface area contributed by atoms with E-state index in [0.717, 1.165) is 16.7 Å². The Balaban J connectivity index is 2.27. The maximum Gasteiger partial charge on any atom is 0.127 e. The van der Waals surface area contributed by atoms with Crippen molar-refractivity contribution >= 4 is 0 Å². The summed E-state index contributed by atoms with van der Waals surface area (Å²) in [4.78, 5) is 0. The van der Waals surface area contributed by atoms with Gasteiger partial charge in [-0.05, 0) is 42.7 Å². The molecule has 4 heteroatoms. The second kappa shape index (κ2) is 6.59. The molecule has 0 aliphatic carbocycles. The van der Waals surface area contributed by atoms with Crippen LogP contribution in [0.25, 0.3) is 0 Å². The third-order valence-corrected chi connectivity index (χ3v) is 3.59. The molecule has 0 amide bonds. The van der Waals surface area contributed by atoms with Crippen molar-refractivity contribution in [3.05, 3.63) is 58.9 Å². The van der Waals surface area contributed by atoms with E-state index in [1.165, 1.54) is 12.1 Å². The molecule has 2 rings (SSSR count). The molecule has 0 aliphatic rings. The molecule has 3 nitrogen and oxygen atoms in total. The highest BCUT2D eigenvalue weighted by Crippen LogP contribution is 2.30. The molecule has 0 fully saturated rings. The SMILES string of the molecule is COc1ccc(C(N)Cc2cc(F)ccc2C)c(OC)c1. The molecule has 0 saturated heterocycles. The van der Waals surface area contributed by atoms with E-state index in [1.54, 1.807) is 26.4 Å². The summed E-state index contributed by atoms with van der Waals surface area (Å²) < 4.78 is 23.9. The molecule has 0 spiro atoms. The van der Waals surface area contributed by atoms with Gasteiger partial charge in [-0.1, -0.05) is 12.1 Å². The van der Waals surface area contributed by atoms with E-state index in [9.17, 15) is 4.39 Å². The molecule has 2 N–H and O–H groups in total. The lowest BCUT2D eigenvalue weighted by atomic mass is 9.96. The fourth-order valence-corrected chi connectivity index (χ4v) is 2.33. The molecular formula is C17H20FNO2. The van der Waals surface area contributed by atoms with E-state index in [-0.39, 0.29) is 11.9 Å². The van der Waals surface area contributed by atoms with Crippen LogP contribution in [-0.2, 0) is 6.42 Å². The largest absolute Gasteiger partial charge is 0.497 e. The van der Waals surface area contributed by atoms with Gasteiger partial charge >= 0.3 is 0 Å². The monoisotopic (exact) mass is 289 g/mol. The van der Waals surface area contributed by atoms with Crippen LogP contribution in [0.5, 0.6) is 11.5 Å². The van der Waals surface area contributed by atoms with Gasteiger partial charge in [-0.15, -0.1) is 0 Å². The Bertz CT molecular complexity index is 628. The molecule has 21 heavy (non-hydrogen) atoms. The number of rotatable bonds is 5. The summed E-state index contributed by atoms with van der Waals surface area (Å²) in [5.74, 6) is 1.14. The van der Waals surface area contributed by atoms with Gasteiger partial charge in [0.25, 0.3) is 0 Å². The number of hydrogen-bond donors (Lipinski definition) is 1. The second-order valence-corrected chi connectivity index (χ2v) is 4.99. The maximum absolute atomic E-state index is 13.4. The minimum Gasteiger partial charge on any atom is -0.497 e. The zero-order valence-corrected chi connectivity index (χ0v) is 12.5. The van der Waals surface area contributed by atoms with E-state index in [1.807, 2.05) is 19.1 Å². The number of halogens is 1. The Morgan fingerprint density at radius 3 is 2.52 bits per heavy atom. The molecule has 0 saturated carbocycles. The molecule has 1 unspecified atom stereocenters. The number of aryl methyl sites for hydroxylation is 1. The lowest BCUT2D eigenvalue weighted by molar-refractivity contribution is 0.388. The molecule has 0 aliphatic heterocycles. The Kier molecular flexibility index (Phi) is 4.81. The molecular weight excluding hydrogens is 269 g/mol. The van der Waals surface area contributed by atoms with Crippen LogP contribution in [0.2, 0.25) is 0 Å². The summed E-state index contributed by atoms with van der Waals surface area (Å²) in [6.07, 6.45) is 0.548. The van der Waals surface area contributed by atoms with Crippen molar-refractivity contribution in [2.45, 2.75) is 19.4 Å². The first-order valence-corrected chi connectivity index (χ1v) is 6.77. The second-order valence-electron chi connectivity index (χ2n) is 4.99. The molecule has 0 radical (unpaired) electrons. The van der Waals surface area contributed by atoms with E-state index in [0.29, 0.717) is 17.9 Å². The lowest BCUT2D eigenvalue weighted by Crippen LogP contribution is -2.15. The van der Waals surface area contributed by atoms with Crippen LogP contribution in [-0.4, -0.2) is 14.2 Å². The first kappa shape index (κ1) is 15.3. The van der Waals surface area contributed by atoms with Gasteiger partial charge in [0.1, 0.15) is 17.3 Å². The first-order chi connectivity index (χ1) is 10.0. The summed E-state index contributed by atoms with van der Waals surface area (Å²) in [6.45, 7) is 1.95. The summed E-state index contributed by atoms with van der Waals surface area (Å²) >= 11 is 0. The van der Waals surface area contributed by atoms with Crippen LogP contribution < -0.4 is 15.2 Å². The average molecular weight is 289 g/mol. The van der Waals surface area contributed by atoms with Crippen molar-refractivity contribution in [3.8, 4) is 11.5 Å². The number of nitrogens with two attached hydrogens (primary N) is 1. The van der Waals surface area contributed by atoms with Crippen LogP contribution in [0, 0.1) is 12.7 Å². The number of ether oxygens (including phenoxy) is 2. The van der Waals surface area contributed by atoms with Crippen LogP contribution in [0.3, 0.4) is 0 Å². The predicted molar refractivity (Wildman–Crippen MR) is 81.3 cm³/mol. The van der Waals surface area contributed by atoms with E-state index < -0.39 is 0 Å². The molecule has 0 aromatic heterocycles. The highest BCUT2D eigenvalue weighted by Gasteiger charge is 2.15. The quantitative estimate of drug-likeness (QED) is 0.917. The summed E-state index contributed by atoms with van der Waals surface area (Å²) in [6, 6.07) is 10.0. The predicted octanol–water partition coefficient (Wildman–Crippen LogP) is 3.39. The fraction of sp³-hybridized carbons (Fsp3) is 0.294. The molecule has 112 valence electrons. The van der Waals surface area contributed by atoms with Crippen molar-refractivity contribution < 1.29 is 13.9 Å². The van der Waals surface area contributed by atoms with Crippen molar-refractivity contribution in [2.24, 2.45) is 5.73 Å². The topological polar surface area (TPSA) is 44.5 Å². The van der Waals surface area contributed by atoms with Crippen molar-refractivity contribution in [1.82, 2.24) is 0 Å². The van der Waals surface area contributed by atoms with Crippen molar-refractivity contribution in [3.63, 3.8) is 0 Å². The summed E-state index contributed by atoms with van der Waals surface area (Å²) in [5.41, 5.74) is 9.08. The molecule has 0 bridgehead atoms. The Morgan fingerprint density at radius 2 is 1.86 bits per heavy atom. The molecule has 0 heterocycles. The van der Waals surface area contributed by atoms with Crippen LogP contribution in [0.15, 0.2) is 36.4 Å². The van der Waals surface area contributed by atoms with Gasteiger partial charge in [0.15, 0.2) is 0 Å². The van der Waals surface area contributed by atoms with Gasteiger partial charge in [-0.3, -0.25) is 0 Å². The van der Waals surface area contributed by atoms with Crippen LogP contribution in [0.4, 0.5) is 4.39 Å². The van der Waals surface area contributed by atoms with Crippen molar-refractivity contribution in [2.75, 3.05) is 14.2 Å². The van der Waals surface area contributed by atoms with Gasteiger partial charge in [0, 0.05) is 17.7 Å². The molecule has 1 atom stereocenters. The zero-order valence-electron chi connectivity index (χ0n) is 12.5. The van der Waals surface area contributed by atoms with E-state index >= 15 is 0 Å². The maximum atomic E-state index is 13.4. The van der Waals surface area contributed by atoms with Gasteiger partial charge in [-0.2, -0.15) is 0 Å². The van der Waals surface area contributed by atoms with Gasteiger partial charge in [-0.25, -0.2) is 4.39 Å². The minimum atomic E-state index is -0.272. The van der Waals surface area contributed by atoms with Gasteiger partial charge in [0.05, 0.1) is 14.2 Å². The van der Waals surface area contributed by atoms with E-state index in [4.69, 9.17) is 15.2 Å². The van der Waals surface area contributed by atoms with Gasteiger partial charge in [0.2, 0.25) is 0 Å². The lowest BCUT2D eigenvalue weighted by Gasteiger charge is -2.17. The van der Waals surface area contributed by atoms with Crippen LogP contribution in [0.1, 0.15) is 22.7 Å². The molecule has 2 aromatic rings. The average Bonchev–Trinajstić information content (AvgIpc) is 2.50. The number of methoxy groups -OCH3 is 2. The highest BCUT2D eigenvalue weighted by molar-refractivity contribution is 5.43. The third-order valence-electron chi connectivity index (χ3n) is 3.59. The smallest absolute Gasteiger partial charge is 0.127 e. The Hall–Kier alpha value is -2.07. The standard InChI is InChI=1S/C17H20FNO2/c1-11-4-5-13(18)8-12(11)9-16(19)15-7-6-14(20-2)10-17(15)21-3/h4-8,10,16H,9,19H2,1-3H3. The summed E-state index contributed by atoms with van der Waals surface area (Å²) in [7, 11) is 3.20. The third kappa shape index (κ3) is 3.52.